The zero-order valence-corrected chi connectivity index (χ0v) is 20.4. The lowest BCUT2D eigenvalue weighted by Crippen LogP contribution is -3.11. The number of carbonyl (C=O) groups excluding carboxylic acids is 1. The number of amides is 1. The van der Waals surface area contributed by atoms with E-state index < -0.39 is 6.04 Å². The predicted octanol–water partition coefficient (Wildman–Crippen LogP) is 3.95. The van der Waals surface area contributed by atoms with Crippen molar-refractivity contribution in [3.8, 4) is 0 Å². The first kappa shape index (κ1) is 23.2. The average molecular weight is 448 g/mol. The molecule has 33 heavy (non-hydrogen) atoms. The van der Waals surface area contributed by atoms with E-state index in [0.29, 0.717) is 23.1 Å². The van der Waals surface area contributed by atoms with Gasteiger partial charge in [0, 0.05) is 13.0 Å². The Morgan fingerprint density at radius 3 is 2.27 bits per heavy atom. The van der Waals surface area contributed by atoms with Crippen molar-refractivity contribution in [2.24, 2.45) is 0 Å². The predicted molar refractivity (Wildman–Crippen MR) is 132 cm³/mol. The summed E-state index contributed by atoms with van der Waals surface area (Å²) >= 11 is 0. The molecule has 0 radical (unpaired) electrons. The van der Waals surface area contributed by atoms with E-state index >= 15 is 0 Å². The van der Waals surface area contributed by atoms with Gasteiger partial charge in [-0.3, -0.25) is 9.59 Å². The molecule has 0 aliphatic carbocycles. The topological polar surface area (TPSA) is 55.0 Å². The van der Waals surface area contributed by atoms with E-state index in [4.69, 9.17) is 4.42 Å². The number of quaternary nitrogens is 1. The highest BCUT2D eigenvalue weighted by Crippen LogP contribution is 2.38. The van der Waals surface area contributed by atoms with Crippen molar-refractivity contribution < 1.29 is 14.1 Å². The number of fused-ring (bicyclic) bond motifs is 2. The zero-order valence-electron chi connectivity index (χ0n) is 20.4. The molecule has 0 spiro atoms. The van der Waals surface area contributed by atoms with Gasteiger partial charge in [-0.05, 0) is 42.5 Å². The Kier molecular flexibility index (Phi) is 6.44. The van der Waals surface area contributed by atoms with Crippen LogP contribution in [-0.2, 0) is 5.41 Å². The van der Waals surface area contributed by atoms with Crippen LogP contribution >= 0.6 is 0 Å². The maximum absolute atomic E-state index is 13.6. The first-order valence-corrected chi connectivity index (χ1v) is 12.1. The minimum absolute atomic E-state index is 0.0311. The highest BCUT2D eigenvalue weighted by molar-refractivity contribution is 5.99. The second-order valence-corrected chi connectivity index (χ2v) is 10.0. The van der Waals surface area contributed by atoms with E-state index in [9.17, 15) is 9.59 Å². The molecule has 5 heteroatoms. The molecule has 1 atom stereocenters. The van der Waals surface area contributed by atoms with Crippen molar-refractivity contribution >= 4 is 16.9 Å². The molecule has 3 aromatic rings. The monoisotopic (exact) mass is 447 g/mol. The van der Waals surface area contributed by atoms with Gasteiger partial charge in [-0.25, -0.2) is 0 Å². The number of carbonyl (C=O) groups is 1. The van der Waals surface area contributed by atoms with Crippen LogP contribution in [0.4, 0.5) is 0 Å². The second kappa shape index (κ2) is 9.14. The van der Waals surface area contributed by atoms with Crippen LogP contribution in [0, 0.1) is 0 Å². The molecule has 0 bridgehead atoms. The standard InChI is InChI=1S/C28H34N2O3/c1-6-29(7-2)17-10-18-30-24(19-13-15-20(16-14-19)28(3,4)5)23-25(31)21-11-8-9-12-22(21)33-26(23)27(30)32/h8-9,11-16,24H,6-7,10,17-18H2,1-5H3/p+1/t24-/m1/s1. The third-order valence-electron chi connectivity index (χ3n) is 6.89. The third kappa shape index (κ3) is 4.34. The summed E-state index contributed by atoms with van der Waals surface area (Å²) in [6, 6.07) is 15.1. The molecule has 1 N–H and O–H groups in total. The second-order valence-electron chi connectivity index (χ2n) is 10.0. The largest absolute Gasteiger partial charge is 0.450 e. The van der Waals surface area contributed by atoms with Gasteiger partial charge in [-0.2, -0.15) is 0 Å². The lowest BCUT2D eigenvalue weighted by atomic mass is 9.86. The van der Waals surface area contributed by atoms with Crippen LogP contribution in [0.5, 0.6) is 0 Å². The summed E-state index contributed by atoms with van der Waals surface area (Å²) in [6.45, 7) is 14.6. The highest BCUT2D eigenvalue weighted by atomic mass is 16.3. The Morgan fingerprint density at radius 1 is 0.970 bits per heavy atom. The van der Waals surface area contributed by atoms with Crippen LogP contribution in [0.15, 0.2) is 57.7 Å². The molecule has 2 aromatic carbocycles. The van der Waals surface area contributed by atoms with E-state index in [1.54, 1.807) is 12.1 Å². The Labute approximate surface area is 196 Å². The van der Waals surface area contributed by atoms with Crippen molar-refractivity contribution in [3.05, 3.63) is 81.2 Å². The fourth-order valence-electron chi connectivity index (χ4n) is 4.81. The van der Waals surface area contributed by atoms with Crippen LogP contribution in [0.1, 0.15) is 74.3 Å². The van der Waals surface area contributed by atoms with Crippen LogP contribution in [-0.4, -0.2) is 37.0 Å². The minimum Gasteiger partial charge on any atom is -0.450 e. The molecule has 0 saturated heterocycles. The first-order valence-electron chi connectivity index (χ1n) is 12.1. The molecule has 0 unspecified atom stereocenters. The van der Waals surface area contributed by atoms with Gasteiger partial charge < -0.3 is 14.2 Å². The number of nitrogens with zero attached hydrogens (tertiary/aromatic N) is 1. The molecule has 1 amide bonds. The summed E-state index contributed by atoms with van der Waals surface area (Å²) in [4.78, 5) is 30.4. The maximum Gasteiger partial charge on any atom is 0.290 e. The molecule has 5 nitrogen and oxygen atoms in total. The fourth-order valence-corrected chi connectivity index (χ4v) is 4.81. The van der Waals surface area contributed by atoms with Gasteiger partial charge in [-0.1, -0.05) is 57.2 Å². The van der Waals surface area contributed by atoms with Crippen molar-refractivity contribution in [2.45, 2.75) is 52.5 Å². The zero-order chi connectivity index (χ0) is 23.8. The number of hydrogen-bond acceptors (Lipinski definition) is 3. The average Bonchev–Trinajstić information content (AvgIpc) is 3.08. The number of hydrogen-bond donors (Lipinski definition) is 1. The van der Waals surface area contributed by atoms with Crippen LogP contribution in [0.2, 0.25) is 0 Å². The lowest BCUT2D eigenvalue weighted by molar-refractivity contribution is -0.896. The SMILES string of the molecule is CC[NH+](CC)CCCN1C(=O)c2oc3ccccc3c(=O)c2[C@H]1c1ccc(C(C)(C)C)cc1. The van der Waals surface area contributed by atoms with Crippen LogP contribution in [0.25, 0.3) is 11.0 Å². The summed E-state index contributed by atoms with van der Waals surface area (Å²) in [6.07, 6.45) is 0.876. The Morgan fingerprint density at radius 2 is 1.64 bits per heavy atom. The molecule has 0 saturated carbocycles. The van der Waals surface area contributed by atoms with Crippen molar-refractivity contribution in [1.82, 2.24) is 4.90 Å². The summed E-state index contributed by atoms with van der Waals surface area (Å²) in [5, 5.41) is 0.523. The fraction of sp³-hybridized carbons (Fsp3) is 0.429. The quantitative estimate of drug-likeness (QED) is 0.597. The van der Waals surface area contributed by atoms with Crippen molar-refractivity contribution in [2.75, 3.05) is 26.2 Å². The Balaban J connectivity index is 1.78. The number of para-hydroxylation sites is 1. The normalized spacial score (nSPS) is 16.1. The van der Waals surface area contributed by atoms with E-state index in [2.05, 4.69) is 58.9 Å². The van der Waals surface area contributed by atoms with E-state index in [0.717, 1.165) is 31.6 Å². The van der Waals surface area contributed by atoms with Crippen molar-refractivity contribution in [3.63, 3.8) is 0 Å². The first-order chi connectivity index (χ1) is 15.8. The smallest absolute Gasteiger partial charge is 0.290 e. The van der Waals surface area contributed by atoms with Gasteiger partial charge in [0.2, 0.25) is 5.76 Å². The van der Waals surface area contributed by atoms with Crippen LogP contribution < -0.4 is 10.3 Å². The Hall–Kier alpha value is -2.92. The summed E-state index contributed by atoms with van der Waals surface area (Å²) in [5.74, 6) is 0.00563. The Bertz CT molecular complexity index is 1200. The summed E-state index contributed by atoms with van der Waals surface area (Å²) in [5.41, 5.74) is 3.03. The number of benzene rings is 2. The summed E-state index contributed by atoms with van der Waals surface area (Å²) < 4.78 is 6.03. The maximum atomic E-state index is 13.6. The third-order valence-corrected chi connectivity index (χ3v) is 6.89. The molecule has 1 aliphatic heterocycles. The van der Waals surface area contributed by atoms with Gasteiger partial charge in [0.1, 0.15) is 5.58 Å². The number of nitrogens with one attached hydrogen (secondary N) is 1. The molecule has 0 fully saturated rings. The molecule has 174 valence electrons. The molecule has 4 rings (SSSR count). The minimum atomic E-state index is -0.422. The van der Waals surface area contributed by atoms with Crippen LogP contribution in [0.3, 0.4) is 0 Å². The van der Waals surface area contributed by atoms with E-state index in [1.807, 2.05) is 17.0 Å². The van der Waals surface area contributed by atoms with Gasteiger partial charge in [-0.15, -0.1) is 0 Å². The van der Waals surface area contributed by atoms with E-state index in [-0.39, 0.29) is 22.5 Å². The summed E-state index contributed by atoms with van der Waals surface area (Å²) in [7, 11) is 0. The lowest BCUT2D eigenvalue weighted by Gasteiger charge is -2.27. The molecule has 2 heterocycles. The van der Waals surface area contributed by atoms with Gasteiger partial charge in [0.05, 0.1) is 36.6 Å². The number of rotatable bonds is 7. The van der Waals surface area contributed by atoms with Gasteiger partial charge >= 0.3 is 0 Å². The van der Waals surface area contributed by atoms with E-state index in [1.165, 1.54) is 10.5 Å². The van der Waals surface area contributed by atoms with Gasteiger partial charge in [0.25, 0.3) is 5.91 Å². The van der Waals surface area contributed by atoms with Crippen molar-refractivity contribution in [1.29, 1.82) is 0 Å². The highest BCUT2D eigenvalue weighted by Gasteiger charge is 2.42. The molecular weight excluding hydrogens is 412 g/mol. The molecular formula is C28H35N2O3+. The molecule has 1 aliphatic rings. The van der Waals surface area contributed by atoms with Gasteiger partial charge in [0.15, 0.2) is 5.43 Å². The molecule has 1 aromatic heterocycles.